The molecule has 0 atom stereocenters. The summed E-state index contributed by atoms with van der Waals surface area (Å²) in [6.45, 7) is 0.484. The Hall–Kier alpha value is -1.64. The number of methoxy groups -OCH3 is 2. The first-order chi connectivity index (χ1) is 9.91. The second-order valence-corrected chi connectivity index (χ2v) is 6.19. The second kappa shape index (κ2) is 7.96. The van der Waals surface area contributed by atoms with Crippen LogP contribution in [-0.2, 0) is 24.3 Å². The number of sulfonamides is 1. The fourth-order valence-corrected chi connectivity index (χ4v) is 2.58. The standard InChI is InChI=1S/C13H19NO6S/c1-14(10-13(15)19-3)21(16,17)12-6-4-11(5-7-12)20-9-8-18-2/h4-7H,8-10H2,1-3H3. The summed E-state index contributed by atoms with van der Waals surface area (Å²) < 4.78 is 40.0. The summed E-state index contributed by atoms with van der Waals surface area (Å²) in [5.41, 5.74) is 0. The lowest BCUT2D eigenvalue weighted by Gasteiger charge is -2.16. The lowest BCUT2D eigenvalue weighted by atomic mass is 10.3. The Kier molecular flexibility index (Phi) is 6.60. The third-order valence-electron chi connectivity index (χ3n) is 2.67. The Bertz CT molecular complexity index is 555. The number of carbonyl (C=O) groups excluding carboxylic acids is 1. The molecule has 118 valence electrons. The van der Waals surface area contributed by atoms with Gasteiger partial charge in [-0.1, -0.05) is 0 Å². The third-order valence-corrected chi connectivity index (χ3v) is 4.49. The number of benzene rings is 1. The van der Waals surface area contributed by atoms with Crippen molar-refractivity contribution in [2.45, 2.75) is 4.90 Å². The number of likely N-dealkylation sites (N-methyl/N-ethyl adjacent to an activating group) is 1. The fourth-order valence-electron chi connectivity index (χ4n) is 1.46. The van der Waals surface area contributed by atoms with Gasteiger partial charge < -0.3 is 14.2 Å². The van der Waals surface area contributed by atoms with E-state index in [1.807, 2.05) is 0 Å². The summed E-state index contributed by atoms with van der Waals surface area (Å²) in [7, 11) is 0.350. The molecule has 7 nitrogen and oxygen atoms in total. The molecule has 0 bridgehead atoms. The highest BCUT2D eigenvalue weighted by Crippen LogP contribution is 2.18. The summed E-state index contributed by atoms with van der Waals surface area (Å²) in [6.07, 6.45) is 0. The first kappa shape index (κ1) is 17.4. The monoisotopic (exact) mass is 317 g/mol. The van der Waals surface area contributed by atoms with Crippen molar-refractivity contribution in [2.75, 3.05) is 41.0 Å². The van der Waals surface area contributed by atoms with Crippen LogP contribution in [0.2, 0.25) is 0 Å². The van der Waals surface area contributed by atoms with Crippen LogP contribution in [0, 0.1) is 0 Å². The van der Waals surface area contributed by atoms with Gasteiger partial charge in [0.15, 0.2) is 0 Å². The van der Waals surface area contributed by atoms with Gasteiger partial charge in [0.1, 0.15) is 18.9 Å². The summed E-state index contributed by atoms with van der Waals surface area (Å²) in [6, 6.07) is 5.94. The van der Waals surface area contributed by atoms with Crippen molar-refractivity contribution in [1.82, 2.24) is 4.31 Å². The maximum Gasteiger partial charge on any atom is 0.321 e. The average molecular weight is 317 g/mol. The molecule has 0 aromatic heterocycles. The van der Waals surface area contributed by atoms with Gasteiger partial charge in [0.2, 0.25) is 10.0 Å². The molecule has 8 heteroatoms. The van der Waals surface area contributed by atoms with Crippen LogP contribution >= 0.6 is 0 Å². The van der Waals surface area contributed by atoms with E-state index in [9.17, 15) is 13.2 Å². The zero-order chi connectivity index (χ0) is 15.9. The third kappa shape index (κ3) is 5.00. The van der Waals surface area contributed by atoms with E-state index in [1.165, 1.54) is 26.3 Å². The van der Waals surface area contributed by atoms with Crippen molar-refractivity contribution < 1.29 is 27.4 Å². The molecule has 0 fully saturated rings. The van der Waals surface area contributed by atoms with Gasteiger partial charge in [-0.3, -0.25) is 4.79 Å². The Balaban J connectivity index is 2.77. The van der Waals surface area contributed by atoms with Crippen LogP contribution in [-0.4, -0.2) is 59.7 Å². The number of esters is 1. The van der Waals surface area contributed by atoms with Gasteiger partial charge in [-0.2, -0.15) is 4.31 Å². The smallest absolute Gasteiger partial charge is 0.321 e. The Morgan fingerprint density at radius 3 is 2.29 bits per heavy atom. The van der Waals surface area contributed by atoms with Crippen LogP contribution < -0.4 is 4.74 Å². The highest BCUT2D eigenvalue weighted by molar-refractivity contribution is 7.89. The normalized spacial score (nSPS) is 11.4. The molecule has 0 radical (unpaired) electrons. The van der Waals surface area contributed by atoms with E-state index in [-0.39, 0.29) is 11.4 Å². The predicted molar refractivity (Wildman–Crippen MR) is 75.6 cm³/mol. The van der Waals surface area contributed by atoms with Crippen LogP contribution in [0.4, 0.5) is 0 Å². The number of ether oxygens (including phenoxy) is 3. The molecular weight excluding hydrogens is 298 g/mol. The van der Waals surface area contributed by atoms with Gasteiger partial charge in [0, 0.05) is 14.2 Å². The van der Waals surface area contributed by atoms with Crippen LogP contribution in [0.3, 0.4) is 0 Å². The minimum Gasteiger partial charge on any atom is -0.491 e. The van der Waals surface area contributed by atoms with E-state index >= 15 is 0 Å². The maximum atomic E-state index is 12.2. The quantitative estimate of drug-likeness (QED) is 0.513. The van der Waals surface area contributed by atoms with E-state index < -0.39 is 16.0 Å². The largest absolute Gasteiger partial charge is 0.491 e. The zero-order valence-electron chi connectivity index (χ0n) is 12.2. The number of rotatable bonds is 8. The molecule has 0 aliphatic heterocycles. The Labute approximate surface area is 124 Å². The number of nitrogens with zero attached hydrogens (tertiary/aromatic N) is 1. The van der Waals surface area contributed by atoms with E-state index in [0.717, 1.165) is 4.31 Å². The molecule has 0 spiro atoms. The van der Waals surface area contributed by atoms with Crippen molar-refractivity contribution >= 4 is 16.0 Å². The fraction of sp³-hybridized carbons (Fsp3) is 0.462. The van der Waals surface area contributed by atoms with Crippen molar-refractivity contribution in [3.63, 3.8) is 0 Å². The lowest BCUT2D eigenvalue weighted by Crippen LogP contribution is -2.32. The number of hydrogen-bond donors (Lipinski definition) is 0. The van der Waals surface area contributed by atoms with Crippen molar-refractivity contribution in [1.29, 1.82) is 0 Å². The number of hydrogen-bond acceptors (Lipinski definition) is 6. The van der Waals surface area contributed by atoms with Crippen LogP contribution in [0.25, 0.3) is 0 Å². The van der Waals surface area contributed by atoms with Crippen molar-refractivity contribution in [3.05, 3.63) is 24.3 Å². The molecule has 1 rings (SSSR count). The highest BCUT2D eigenvalue weighted by atomic mass is 32.2. The average Bonchev–Trinajstić information content (AvgIpc) is 2.47. The molecule has 0 saturated carbocycles. The van der Waals surface area contributed by atoms with Crippen LogP contribution in [0.1, 0.15) is 0 Å². The molecule has 0 unspecified atom stereocenters. The van der Waals surface area contributed by atoms with Gasteiger partial charge in [-0.05, 0) is 24.3 Å². The minimum atomic E-state index is -3.73. The molecule has 0 saturated heterocycles. The molecule has 0 amide bonds. The second-order valence-electron chi connectivity index (χ2n) is 4.15. The Morgan fingerprint density at radius 1 is 1.14 bits per heavy atom. The molecule has 0 N–H and O–H groups in total. The SMILES string of the molecule is COCCOc1ccc(S(=O)(=O)N(C)CC(=O)OC)cc1. The Morgan fingerprint density at radius 2 is 1.76 bits per heavy atom. The predicted octanol–water partition coefficient (Wildman–Crippen LogP) is 0.505. The topological polar surface area (TPSA) is 82.1 Å². The summed E-state index contributed by atoms with van der Waals surface area (Å²) >= 11 is 0. The lowest BCUT2D eigenvalue weighted by molar-refractivity contribution is -0.140. The van der Waals surface area contributed by atoms with Gasteiger partial charge in [-0.25, -0.2) is 8.42 Å². The van der Waals surface area contributed by atoms with Gasteiger partial charge in [-0.15, -0.1) is 0 Å². The molecule has 1 aromatic rings. The van der Waals surface area contributed by atoms with Gasteiger partial charge in [0.05, 0.1) is 18.6 Å². The summed E-state index contributed by atoms with van der Waals surface area (Å²) in [5, 5.41) is 0. The van der Waals surface area contributed by atoms with E-state index in [0.29, 0.717) is 19.0 Å². The first-order valence-electron chi connectivity index (χ1n) is 6.16. The first-order valence-corrected chi connectivity index (χ1v) is 7.60. The molecular formula is C13H19NO6S. The summed E-state index contributed by atoms with van der Waals surface area (Å²) in [5.74, 6) is -0.0813. The zero-order valence-corrected chi connectivity index (χ0v) is 13.1. The minimum absolute atomic E-state index is 0.0768. The van der Waals surface area contributed by atoms with Crippen molar-refractivity contribution in [3.8, 4) is 5.75 Å². The number of carbonyl (C=O) groups is 1. The molecule has 0 heterocycles. The molecule has 21 heavy (non-hydrogen) atoms. The van der Waals surface area contributed by atoms with Gasteiger partial charge >= 0.3 is 5.97 Å². The van der Waals surface area contributed by atoms with Gasteiger partial charge in [0.25, 0.3) is 0 Å². The molecule has 0 aliphatic carbocycles. The summed E-state index contributed by atoms with van der Waals surface area (Å²) in [4.78, 5) is 11.2. The van der Waals surface area contributed by atoms with E-state index in [1.54, 1.807) is 19.2 Å². The molecule has 0 aliphatic rings. The van der Waals surface area contributed by atoms with Crippen LogP contribution in [0.5, 0.6) is 5.75 Å². The highest BCUT2D eigenvalue weighted by Gasteiger charge is 2.23. The van der Waals surface area contributed by atoms with E-state index in [4.69, 9.17) is 9.47 Å². The molecule has 1 aromatic carbocycles. The van der Waals surface area contributed by atoms with E-state index in [2.05, 4.69) is 4.74 Å². The maximum absolute atomic E-state index is 12.2. The van der Waals surface area contributed by atoms with Crippen molar-refractivity contribution in [2.24, 2.45) is 0 Å². The van der Waals surface area contributed by atoms with Crippen LogP contribution in [0.15, 0.2) is 29.2 Å².